The van der Waals surface area contributed by atoms with E-state index < -0.39 is 11.7 Å². The number of alkyl halides is 3. The van der Waals surface area contributed by atoms with Gasteiger partial charge in [-0.15, -0.1) is 0 Å². The average molecular weight is 454 g/mol. The highest BCUT2D eigenvalue weighted by molar-refractivity contribution is 5.69. The van der Waals surface area contributed by atoms with Crippen molar-refractivity contribution in [2.24, 2.45) is 5.92 Å². The molecule has 0 aromatic heterocycles. The monoisotopic (exact) mass is 454 g/mol. The van der Waals surface area contributed by atoms with Crippen LogP contribution in [0.3, 0.4) is 0 Å². The van der Waals surface area contributed by atoms with E-state index in [0.717, 1.165) is 41.7 Å². The molecule has 2 atom stereocenters. The topological polar surface area (TPSA) is 35.5 Å². The number of benzene rings is 3. The van der Waals surface area contributed by atoms with Gasteiger partial charge in [0.1, 0.15) is 12.4 Å². The molecule has 0 aliphatic heterocycles. The molecular formula is C27H25F3O3. The van der Waals surface area contributed by atoms with E-state index in [0.29, 0.717) is 36.2 Å². The first kappa shape index (κ1) is 22.9. The third-order valence-electron chi connectivity index (χ3n) is 6.02. The molecule has 0 heterocycles. The number of carbonyl (C=O) groups excluding carboxylic acids is 1. The summed E-state index contributed by atoms with van der Waals surface area (Å²) in [6.07, 6.45) is -2.27. The van der Waals surface area contributed by atoms with Gasteiger partial charge in [-0.2, -0.15) is 13.2 Å². The summed E-state index contributed by atoms with van der Waals surface area (Å²) in [4.78, 5) is 11.5. The quantitative estimate of drug-likeness (QED) is 0.344. The zero-order chi connectivity index (χ0) is 23.4. The Labute approximate surface area is 191 Å². The van der Waals surface area contributed by atoms with E-state index in [1.807, 2.05) is 48.5 Å². The Kier molecular flexibility index (Phi) is 6.72. The summed E-state index contributed by atoms with van der Waals surface area (Å²) in [6.45, 7) is 0.396. The number of halogens is 3. The highest BCUT2D eigenvalue weighted by Gasteiger charge is 2.38. The molecule has 1 aliphatic rings. The summed E-state index contributed by atoms with van der Waals surface area (Å²) in [5.74, 6) is 1.13. The minimum atomic E-state index is -4.37. The Morgan fingerprint density at radius 2 is 1.70 bits per heavy atom. The highest BCUT2D eigenvalue weighted by Crippen LogP contribution is 2.51. The van der Waals surface area contributed by atoms with Gasteiger partial charge >= 0.3 is 12.1 Å². The number of hydrogen-bond acceptors (Lipinski definition) is 3. The van der Waals surface area contributed by atoms with Crippen molar-refractivity contribution in [1.82, 2.24) is 0 Å². The van der Waals surface area contributed by atoms with Crippen LogP contribution in [-0.2, 0) is 22.3 Å². The lowest BCUT2D eigenvalue weighted by molar-refractivity contribution is -0.141. The normalized spacial score (nSPS) is 17.5. The molecule has 3 aromatic rings. The zero-order valence-corrected chi connectivity index (χ0v) is 18.3. The predicted octanol–water partition coefficient (Wildman–Crippen LogP) is 7.01. The summed E-state index contributed by atoms with van der Waals surface area (Å²) >= 11 is 0. The Morgan fingerprint density at radius 1 is 0.970 bits per heavy atom. The maximum atomic E-state index is 13.0. The molecular weight excluding hydrogens is 429 g/mol. The maximum absolute atomic E-state index is 13.0. The number of carbonyl (C=O) groups is 1. The van der Waals surface area contributed by atoms with Gasteiger partial charge in [0.05, 0.1) is 12.7 Å². The summed E-state index contributed by atoms with van der Waals surface area (Å²) < 4.78 is 49.7. The van der Waals surface area contributed by atoms with Crippen molar-refractivity contribution in [3.63, 3.8) is 0 Å². The lowest BCUT2D eigenvalue weighted by atomic mass is 9.98. The number of hydrogen-bond donors (Lipinski definition) is 0. The molecule has 0 radical (unpaired) electrons. The van der Waals surface area contributed by atoms with E-state index in [9.17, 15) is 18.0 Å². The third kappa shape index (κ3) is 5.95. The molecule has 3 nitrogen and oxygen atoms in total. The Hall–Kier alpha value is -3.28. The first-order valence-electron chi connectivity index (χ1n) is 10.9. The second-order valence-electron chi connectivity index (χ2n) is 8.36. The smallest absolute Gasteiger partial charge is 0.416 e. The fraction of sp³-hybridized carbons (Fsp3) is 0.296. The van der Waals surface area contributed by atoms with Crippen LogP contribution in [0.4, 0.5) is 13.2 Å². The number of rotatable bonds is 8. The molecule has 1 fully saturated rings. The van der Waals surface area contributed by atoms with E-state index in [4.69, 9.17) is 9.47 Å². The zero-order valence-electron chi connectivity index (χ0n) is 18.3. The molecule has 172 valence electrons. The fourth-order valence-corrected chi connectivity index (χ4v) is 4.06. The Balaban J connectivity index is 1.57. The average Bonchev–Trinajstić information content (AvgIpc) is 3.61. The molecule has 3 aromatic carbocycles. The fourth-order valence-electron chi connectivity index (χ4n) is 4.06. The number of methoxy groups -OCH3 is 1. The summed E-state index contributed by atoms with van der Waals surface area (Å²) in [7, 11) is 1.39. The van der Waals surface area contributed by atoms with E-state index >= 15 is 0 Å². The molecule has 1 saturated carbocycles. The standard InChI is InChI=1S/C27H25F3O3/c1-32-26(31)12-9-20-16-25(20)22-13-21(19-7-10-23(11-8-19)27(28,29)30)14-24(15-22)33-17-18-5-3-2-4-6-18/h2-8,10-11,13-15,20,25H,9,12,16-17H2,1H3. The predicted molar refractivity (Wildman–Crippen MR) is 120 cm³/mol. The second kappa shape index (κ2) is 9.69. The van der Waals surface area contributed by atoms with Crippen molar-refractivity contribution in [2.75, 3.05) is 7.11 Å². The summed E-state index contributed by atoms with van der Waals surface area (Å²) in [5, 5.41) is 0. The molecule has 2 unspecified atom stereocenters. The van der Waals surface area contributed by atoms with Crippen LogP contribution in [0, 0.1) is 5.92 Å². The van der Waals surface area contributed by atoms with Crippen LogP contribution in [0.25, 0.3) is 11.1 Å². The number of esters is 1. The van der Waals surface area contributed by atoms with Crippen LogP contribution in [0.1, 0.15) is 41.9 Å². The minimum absolute atomic E-state index is 0.217. The van der Waals surface area contributed by atoms with Gasteiger partial charge in [-0.3, -0.25) is 4.79 Å². The maximum Gasteiger partial charge on any atom is 0.416 e. The van der Waals surface area contributed by atoms with Crippen molar-refractivity contribution in [2.45, 2.75) is 38.0 Å². The van der Waals surface area contributed by atoms with Crippen LogP contribution in [0.2, 0.25) is 0 Å². The van der Waals surface area contributed by atoms with Gasteiger partial charge in [0.2, 0.25) is 0 Å². The van der Waals surface area contributed by atoms with Gasteiger partial charge in [0.25, 0.3) is 0 Å². The van der Waals surface area contributed by atoms with Crippen LogP contribution < -0.4 is 4.74 Å². The molecule has 33 heavy (non-hydrogen) atoms. The van der Waals surface area contributed by atoms with Crippen molar-refractivity contribution < 1.29 is 27.4 Å². The summed E-state index contributed by atoms with van der Waals surface area (Å²) in [6, 6.07) is 20.8. The molecule has 6 heteroatoms. The van der Waals surface area contributed by atoms with E-state index in [-0.39, 0.29) is 5.97 Å². The van der Waals surface area contributed by atoms with E-state index in [2.05, 4.69) is 0 Å². The highest BCUT2D eigenvalue weighted by atomic mass is 19.4. The van der Waals surface area contributed by atoms with Gasteiger partial charge in [0, 0.05) is 6.42 Å². The van der Waals surface area contributed by atoms with Gasteiger partial charge in [-0.1, -0.05) is 48.5 Å². The van der Waals surface area contributed by atoms with E-state index in [1.165, 1.54) is 19.2 Å². The van der Waals surface area contributed by atoms with Crippen molar-refractivity contribution in [3.05, 3.63) is 89.5 Å². The van der Waals surface area contributed by atoms with Crippen molar-refractivity contribution >= 4 is 5.97 Å². The SMILES string of the molecule is COC(=O)CCC1CC1c1cc(OCc2ccccc2)cc(-c2ccc(C(F)(F)F)cc2)c1. The van der Waals surface area contributed by atoms with Gasteiger partial charge < -0.3 is 9.47 Å². The molecule has 0 bridgehead atoms. The molecule has 0 saturated heterocycles. The lowest BCUT2D eigenvalue weighted by Crippen LogP contribution is -2.04. The van der Waals surface area contributed by atoms with Gasteiger partial charge in [0.15, 0.2) is 0 Å². The van der Waals surface area contributed by atoms with E-state index in [1.54, 1.807) is 0 Å². The Morgan fingerprint density at radius 3 is 2.36 bits per heavy atom. The van der Waals surface area contributed by atoms with Crippen molar-refractivity contribution in [1.29, 1.82) is 0 Å². The Bertz CT molecular complexity index is 1090. The van der Waals surface area contributed by atoms with Gasteiger partial charge in [-0.05, 0) is 71.2 Å². The molecule has 1 aliphatic carbocycles. The third-order valence-corrected chi connectivity index (χ3v) is 6.02. The summed E-state index contributed by atoms with van der Waals surface area (Å²) in [5.41, 5.74) is 2.93. The van der Waals surface area contributed by atoms with Crippen LogP contribution >= 0.6 is 0 Å². The van der Waals surface area contributed by atoms with Gasteiger partial charge in [-0.25, -0.2) is 0 Å². The van der Waals surface area contributed by atoms with Crippen molar-refractivity contribution in [3.8, 4) is 16.9 Å². The first-order chi connectivity index (χ1) is 15.8. The van der Waals surface area contributed by atoms with Crippen LogP contribution in [0.15, 0.2) is 72.8 Å². The molecule has 0 N–H and O–H groups in total. The van der Waals surface area contributed by atoms with Crippen LogP contribution in [-0.4, -0.2) is 13.1 Å². The largest absolute Gasteiger partial charge is 0.489 e. The molecule has 0 spiro atoms. The second-order valence-corrected chi connectivity index (χ2v) is 8.36. The number of ether oxygens (including phenoxy) is 2. The first-order valence-corrected chi connectivity index (χ1v) is 10.9. The lowest BCUT2D eigenvalue weighted by Gasteiger charge is -2.13. The van der Waals surface area contributed by atoms with Crippen LogP contribution in [0.5, 0.6) is 5.75 Å². The molecule has 4 rings (SSSR count). The minimum Gasteiger partial charge on any atom is -0.489 e. The molecule has 0 amide bonds.